The van der Waals surface area contributed by atoms with Crippen molar-refractivity contribution in [2.24, 2.45) is 11.7 Å². The molecular formula is C15H31ClN2. The number of likely N-dealkylation sites (tertiary alicyclic amines) is 1. The summed E-state index contributed by atoms with van der Waals surface area (Å²) < 4.78 is 0. The van der Waals surface area contributed by atoms with Crippen LogP contribution < -0.4 is 5.73 Å². The van der Waals surface area contributed by atoms with E-state index in [1.54, 1.807) is 0 Å². The van der Waals surface area contributed by atoms with E-state index in [4.69, 9.17) is 5.73 Å². The lowest BCUT2D eigenvalue weighted by atomic mass is 9.85. The second-order valence-electron chi connectivity index (χ2n) is 6.14. The van der Waals surface area contributed by atoms with Gasteiger partial charge in [0.1, 0.15) is 0 Å². The van der Waals surface area contributed by atoms with Gasteiger partial charge in [-0.05, 0) is 38.1 Å². The summed E-state index contributed by atoms with van der Waals surface area (Å²) in [6.45, 7) is 4.83. The Balaban J connectivity index is 0.00000162. The SMILES string of the molecule is CCCC[C@H]1CN(C2CCCCC2)CC[C@H]1N.Cl. The summed E-state index contributed by atoms with van der Waals surface area (Å²) >= 11 is 0. The number of halogens is 1. The third-order valence-corrected chi connectivity index (χ3v) is 4.84. The van der Waals surface area contributed by atoms with Crippen LogP contribution in [0.15, 0.2) is 0 Å². The highest BCUT2D eigenvalue weighted by Crippen LogP contribution is 2.28. The van der Waals surface area contributed by atoms with E-state index in [1.807, 2.05) is 0 Å². The number of rotatable bonds is 4. The minimum absolute atomic E-state index is 0. The summed E-state index contributed by atoms with van der Waals surface area (Å²) in [6, 6.07) is 1.36. The van der Waals surface area contributed by atoms with E-state index in [-0.39, 0.29) is 12.4 Å². The van der Waals surface area contributed by atoms with Gasteiger partial charge in [0.05, 0.1) is 0 Å². The maximum atomic E-state index is 6.28. The largest absolute Gasteiger partial charge is 0.327 e. The standard InChI is InChI=1S/C15H30N2.ClH/c1-2-3-7-13-12-17(11-10-15(13)16)14-8-5-4-6-9-14;/h13-15H,2-12,16H2,1H3;1H/t13-,15+;/m0./s1. The van der Waals surface area contributed by atoms with Crippen LogP contribution in [-0.2, 0) is 0 Å². The van der Waals surface area contributed by atoms with Crippen molar-refractivity contribution in [2.45, 2.75) is 76.8 Å². The van der Waals surface area contributed by atoms with Crippen LogP contribution in [-0.4, -0.2) is 30.1 Å². The number of piperidine rings is 1. The van der Waals surface area contributed by atoms with Crippen LogP contribution in [0.1, 0.15) is 64.7 Å². The second kappa shape index (κ2) is 8.39. The van der Waals surface area contributed by atoms with Gasteiger partial charge in [-0.3, -0.25) is 4.90 Å². The molecule has 0 spiro atoms. The maximum absolute atomic E-state index is 6.28. The van der Waals surface area contributed by atoms with Crippen molar-refractivity contribution >= 4 is 12.4 Å². The molecule has 0 aromatic carbocycles. The molecule has 3 heteroatoms. The van der Waals surface area contributed by atoms with Crippen LogP contribution in [0.25, 0.3) is 0 Å². The molecule has 2 aliphatic rings. The topological polar surface area (TPSA) is 29.3 Å². The smallest absolute Gasteiger partial charge is 0.00953 e. The molecule has 1 aliphatic heterocycles. The molecule has 0 bridgehead atoms. The third-order valence-electron chi connectivity index (χ3n) is 4.84. The average Bonchev–Trinajstić information content (AvgIpc) is 2.39. The average molecular weight is 275 g/mol. The Labute approximate surface area is 119 Å². The maximum Gasteiger partial charge on any atom is 0.00953 e. The predicted octanol–water partition coefficient (Wildman–Crippen LogP) is 3.58. The van der Waals surface area contributed by atoms with Crippen LogP contribution in [0, 0.1) is 5.92 Å². The molecule has 2 nitrogen and oxygen atoms in total. The summed E-state index contributed by atoms with van der Waals surface area (Å²) in [5.74, 6) is 0.769. The Morgan fingerprint density at radius 2 is 1.83 bits per heavy atom. The fourth-order valence-electron chi connectivity index (χ4n) is 3.63. The first-order valence-corrected chi connectivity index (χ1v) is 7.81. The van der Waals surface area contributed by atoms with Gasteiger partial charge in [0, 0.05) is 18.6 Å². The van der Waals surface area contributed by atoms with Crippen LogP contribution >= 0.6 is 12.4 Å². The molecule has 108 valence electrons. The van der Waals surface area contributed by atoms with Gasteiger partial charge >= 0.3 is 0 Å². The van der Waals surface area contributed by atoms with Crippen LogP contribution in [0.5, 0.6) is 0 Å². The monoisotopic (exact) mass is 274 g/mol. The number of nitrogens with zero attached hydrogens (tertiary/aromatic N) is 1. The van der Waals surface area contributed by atoms with Crippen molar-refractivity contribution in [3.05, 3.63) is 0 Å². The Morgan fingerprint density at radius 3 is 2.50 bits per heavy atom. The van der Waals surface area contributed by atoms with E-state index < -0.39 is 0 Å². The zero-order valence-corrected chi connectivity index (χ0v) is 12.8. The summed E-state index contributed by atoms with van der Waals surface area (Å²) in [4.78, 5) is 2.77. The van der Waals surface area contributed by atoms with E-state index in [0.29, 0.717) is 6.04 Å². The zero-order chi connectivity index (χ0) is 12.1. The molecule has 2 atom stereocenters. The van der Waals surface area contributed by atoms with Gasteiger partial charge in [-0.15, -0.1) is 12.4 Å². The van der Waals surface area contributed by atoms with Crippen molar-refractivity contribution in [1.29, 1.82) is 0 Å². The van der Waals surface area contributed by atoms with Gasteiger partial charge in [0.25, 0.3) is 0 Å². The first-order chi connectivity index (χ1) is 8.31. The Kier molecular flexibility index (Phi) is 7.59. The summed E-state index contributed by atoms with van der Waals surface area (Å²) in [5.41, 5.74) is 6.28. The fourth-order valence-corrected chi connectivity index (χ4v) is 3.63. The molecule has 2 N–H and O–H groups in total. The van der Waals surface area contributed by atoms with Gasteiger partial charge in [-0.2, -0.15) is 0 Å². The van der Waals surface area contributed by atoms with E-state index in [9.17, 15) is 0 Å². The van der Waals surface area contributed by atoms with Gasteiger partial charge in [0.2, 0.25) is 0 Å². The lowest BCUT2D eigenvalue weighted by Gasteiger charge is -2.42. The van der Waals surface area contributed by atoms with Crippen molar-refractivity contribution in [3.8, 4) is 0 Å². The molecular weight excluding hydrogens is 244 g/mol. The summed E-state index contributed by atoms with van der Waals surface area (Å²) in [7, 11) is 0. The molecule has 18 heavy (non-hydrogen) atoms. The highest BCUT2D eigenvalue weighted by molar-refractivity contribution is 5.85. The molecule has 0 radical (unpaired) electrons. The lowest BCUT2D eigenvalue weighted by molar-refractivity contribution is 0.0830. The zero-order valence-electron chi connectivity index (χ0n) is 11.9. The Morgan fingerprint density at radius 1 is 1.11 bits per heavy atom. The Bertz CT molecular complexity index is 217. The molecule has 1 saturated heterocycles. The predicted molar refractivity (Wildman–Crippen MR) is 81.3 cm³/mol. The molecule has 0 unspecified atom stereocenters. The first-order valence-electron chi connectivity index (χ1n) is 7.81. The van der Waals surface area contributed by atoms with E-state index in [0.717, 1.165) is 12.0 Å². The number of hydrogen-bond acceptors (Lipinski definition) is 2. The number of nitrogens with two attached hydrogens (primary N) is 1. The highest BCUT2D eigenvalue weighted by atomic mass is 35.5. The molecule has 2 fully saturated rings. The van der Waals surface area contributed by atoms with Crippen molar-refractivity contribution in [3.63, 3.8) is 0 Å². The minimum atomic E-state index is 0. The quantitative estimate of drug-likeness (QED) is 0.849. The number of unbranched alkanes of at least 4 members (excludes halogenated alkanes) is 1. The Hall–Kier alpha value is 0.210. The van der Waals surface area contributed by atoms with Crippen molar-refractivity contribution < 1.29 is 0 Å². The van der Waals surface area contributed by atoms with Crippen molar-refractivity contribution in [1.82, 2.24) is 4.90 Å². The van der Waals surface area contributed by atoms with Crippen molar-refractivity contribution in [2.75, 3.05) is 13.1 Å². The van der Waals surface area contributed by atoms with Gasteiger partial charge in [0.15, 0.2) is 0 Å². The minimum Gasteiger partial charge on any atom is -0.327 e. The normalized spacial score (nSPS) is 31.0. The molecule has 0 aromatic heterocycles. The van der Waals surface area contributed by atoms with E-state index >= 15 is 0 Å². The second-order valence-corrected chi connectivity index (χ2v) is 6.14. The van der Waals surface area contributed by atoms with Crippen LogP contribution in [0.4, 0.5) is 0 Å². The lowest BCUT2D eigenvalue weighted by Crippen LogP contribution is -2.51. The summed E-state index contributed by atoms with van der Waals surface area (Å²) in [6.07, 6.45) is 12.5. The molecule has 0 amide bonds. The molecule has 1 heterocycles. The van der Waals surface area contributed by atoms with E-state index in [2.05, 4.69) is 11.8 Å². The number of hydrogen-bond donors (Lipinski definition) is 1. The van der Waals surface area contributed by atoms with Crippen LogP contribution in [0.3, 0.4) is 0 Å². The van der Waals surface area contributed by atoms with E-state index in [1.165, 1.54) is 70.9 Å². The molecule has 2 rings (SSSR count). The van der Waals surface area contributed by atoms with Gasteiger partial charge < -0.3 is 5.73 Å². The molecule has 1 aliphatic carbocycles. The van der Waals surface area contributed by atoms with Gasteiger partial charge in [-0.25, -0.2) is 0 Å². The highest BCUT2D eigenvalue weighted by Gasteiger charge is 2.30. The molecule has 1 saturated carbocycles. The van der Waals surface area contributed by atoms with Gasteiger partial charge in [-0.1, -0.05) is 39.0 Å². The van der Waals surface area contributed by atoms with Crippen LogP contribution in [0.2, 0.25) is 0 Å². The fraction of sp³-hybridized carbons (Fsp3) is 1.00. The molecule has 0 aromatic rings. The third kappa shape index (κ3) is 4.40. The summed E-state index contributed by atoms with van der Waals surface area (Å²) in [5, 5.41) is 0. The first kappa shape index (κ1) is 16.3.